The zero-order chi connectivity index (χ0) is 22.7. The van der Waals surface area contributed by atoms with Gasteiger partial charge >= 0.3 is 0 Å². The van der Waals surface area contributed by atoms with Crippen molar-refractivity contribution in [3.05, 3.63) is 95.3 Å². The Kier molecular flexibility index (Phi) is 4.61. The van der Waals surface area contributed by atoms with Crippen LogP contribution in [-0.2, 0) is 0 Å². The molecule has 0 radical (unpaired) electrons. The summed E-state index contributed by atoms with van der Waals surface area (Å²) in [6.07, 6.45) is 0. The van der Waals surface area contributed by atoms with Gasteiger partial charge < -0.3 is 4.42 Å². The monoisotopic (exact) mass is 467 g/mol. The number of hydrogen-bond acceptors (Lipinski definition) is 7. The van der Waals surface area contributed by atoms with E-state index >= 15 is 0 Å². The van der Waals surface area contributed by atoms with Gasteiger partial charge in [0.05, 0.1) is 27.6 Å². The minimum atomic E-state index is -0.929. The lowest BCUT2D eigenvalue weighted by molar-refractivity contribution is -0.384. The molecule has 0 aliphatic carbocycles. The molecule has 8 nitrogen and oxygen atoms in total. The molecule has 10 heteroatoms. The highest BCUT2D eigenvalue weighted by molar-refractivity contribution is 7.15. The standard InChI is InChI=1S/C22H14ClN3O5S/c1-10-11(2)32-22(24-10)25-18(12-4-3-5-14(8-12)26(29)30)17-19(27)15-9-13(23)6-7-16(15)31-20(17)21(25)28/h3-9,18H,1-2H3. The molecule has 1 unspecified atom stereocenters. The van der Waals surface area contributed by atoms with E-state index in [0.717, 1.165) is 10.6 Å². The summed E-state index contributed by atoms with van der Waals surface area (Å²) >= 11 is 7.39. The van der Waals surface area contributed by atoms with Gasteiger partial charge in [0, 0.05) is 22.0 Å². The Morgan fingerprint density at radius 2 is 1.97 bits per heavy atom. The molecule has 1 atom stereocenters. The molecule has 2 aromatic heterocycles. The first-order valence-corrected chi connectivity index (χ1v) is 10.7. The molecule has 0 saturated heterocycles. The fourth-order valence-corrected chi connectivity index (χ4v) is 4.93. The SMILES string of the molecule is Cc1nc(N2C(=O)c3oc4ccc(Cl)cc4c(=O)c3C2c2cccc([N+](=O)[O-])c2)sc1C. The van der Waals surface area contributed by atoms with E-state index in [1.54, 1.807) is 12.1 Å². The molecule has 160 valence electrons. The van der Waals surface area contributed by atoms with E-state index in [4.69, 9.17) is 16.0 Å². The van der Waals surface area contributed by atoms with Gasteiger partial charge in [-0.3, -0.25) is 24.6 Å². The maximum Gasteiger partial charge on any atom is 0.297 e. The van der Waals surface area contributed by atoms with Gasteiger partial charge in [0.15, 0.2) is 10.6 Å². The maximum absolute atomic E-state index is 13.5. The molecule has 0 N–H and O–H groups in total. The summed E-state index contributed by atoms with van der Waals surface area (Å²) in [7, 11) is 0. The number of hydrogen-bond donors (Lipinski definition) is 0. The van der Waals surface area contributed by atoms with Gasteiger partial charge in [0.2, 0.25) is 5.76 Å². The molecule has 5 rings (SSSR count). The van der Waals surface area contributed by atoms with Crippen molar-refractivity contribution >= 4 is 50.6 Å². The highest BCUT2D eigenvalue weighted by atomic mass is 35.5. The van der Waals surface area contributed by atoms with E-state index in [1.807, 2.05) is 13.8 Å². The fraction of sp³-hybridized carbons (Fsp3) is 0.136. The van der Waals surface area contributed by atoms with Gasteiger partial charge in [-0.2, -0.15) is 0 Å². The number of aryl methyl sites for hydroxylation is 2. The van der Waals surface area contributed by atoms with Gasteiger partial charge in [-0.1, -0.05) is 23.7 Å². The Balaban J connectivity index is 1.83. The first-order valence-electron chi connectivity index (χ1n) is 9.54. The molecular weight excluding hydrogens is 454 g/mol. The van der Waals surface area contributed by atoms with Crippen LogP contribution in [0.2, 0.25) is 5.02 Å². The summed E-state index contributed by atoms with van der Waals surface area (Å²) in [5, 5.41) is 12.3. The number of halogens is 1. The molecule has 1 aliphatic heterocycles. The van der Waals surface area contributed by atoms with E-state index in [2.05, 4.69) is 4.98 Å². The minimum absolute atomic E-state index is 0.105. The number of rotatable bonds is 3. The van der Waals surface area contributed by atoms with Crippen LogP contribution in [-0.4, -0.2) is 15.8 Å². The van der Waals surface area contributed by atoms with E-state index < -0.39 is 22.3 Å². The van der Waals surface area contributed by atoms with Crippen LogP contribution in [0.4, 0.5) is 10.8 Å². The summed E-state index contributed by atoms with van der Waals surface area (Å²) < 4.78 is 5.86. The van der Waals surface area contributed by atoms with Gasteiger partial charge in [0.1, 0.15) is 5.58 Å². The Morgan fingerprint density at radius 1 is 1.19 bits per heavy atom. The molecule has 1 aliphatic rings. The van der Waals surface area contributed by atoms with Crippen molar-refractivity contribution in [2.45, 2.75) is 19.9 Å². The van der Waals surface area contributed by atoms with Crippen LogP contribution < -0.4 is 10.3 Å². The van der Waals surface area contributed by atoms with Crippen molar-refractivity contribution in [3.8, 4) is 0 Å². The minimum Gasteiger partial charge on any atom is -0.450 e. The van der Waals surface area contributed by atoms with Crippen LogP contribution in [0.3, 0.4) is 0 Å². The summed E-state index contributed by atoms with van der Waals surface area (Å²) in [4.78, 5) is 44.6. The van der Waals surface area contributed by atoms with Crippen LogP contribution in [0, 0.1) is 24.0 Å². The van der Waals surface area contributed by atoms with Gasteiger partial charge in [0.25, 0.3) is 11.6 Å². The first kappa shape index (κ1) is 20.3. The molecule has 1 amide bonds. The smallest absolute Gasteiger partial charge is 0.297 e. The number of anilines is 1. The number of amides is 1. The van der Waals surface area contributed by atoms with Crippen LogP contribution >= 0.6 is 22.9 Å². The third-order valence-corrected chi connectivity index (χ3v) is 6.76. The van der Waals surface area contributed by atoms with Gasteiger partial charge in [-0.25, -0.2) is 4.98 Å². The van der Waals surface area contributed by atoms with Crippen molar-refractivity contribution in [1.82, 2.24) is 4.98 Å². The topological polar surface area (TPSA) is 107 Å². The molecular formula is C22H14ClN3O5S. The molecule has 32 heavy (non-hydrogen) atoms. The Bertz CT molecular complexity index is 1490. The predicted molar refractivity (Wildman–Crippen MR) is 121 cm³/mol. The molecule has 2 aromatic carbocycles. The second-order valence-corrected chi connectivity index (χ2v) is 9.00. The van der Waals surface area contributed by atoms with Crippen molar-refractivity contribution < 1.29 is 14.1 Å². The van der Waals surface area contributed by atoms with Crippen molar-refractivity contribution in [2.24, 2.45) is 0 Å². The fourth-order valence-electron chi connectivity index (χ4n) is 3.83. The number of carbonyl (C=O) groups is 1. The average Bonchev–Trinajstić information content (AvgIpc) is 3.25. The highest BCUT2D eigenvalue weighted by Gasteiger charge is 2.45. The lowest BCUT2D eigenvalue weighted by atomic mass is 9.98. The summed E-state index contributed by atoms with van der Waals surface area (Å²) in [5.41, 5.74) is 0.936. The van der Waals surface area contributed by atoms with Crippen molar-refractivity contribution in [3.63, 3.8) is 0 Å². The number of thiazole rings is 1. The van der Waals surface area contributed by atoms with Crippen LogP contribution in [0.5, 0.6) is 0 Å². The number of nitro benzene ring substituents is 1. The second kappa shape index (κ2) is 7.25. The lowest BCUT2D eigenvalue weighted by Gasteiger charge is -2.22. The zero-order valence-corrected chi connectivity index (χ0v) is 18.4. The van der Waals surface area contributed by atoms with Crippen LogP contribution in [0.15, 0.2) is 51.7 Å². The van der Waals surface area contributed by atoms with Crippen molar-refractivity contribution in [1.29, 1.82) is 0 Å². The summed E-state index contributed by atoms with van der Waals surface area (Å²) in [5.74, 6) is -0.633. The number of carbonyl (C=O) groups excluding carboxylic acids is 1. The van der Waals surface area contributed by atoms with Gasteiger partial charge in [-0.05, 0) is 37.6 Å². The quantitative estimate of drug-likeness (QED) is 0.303. The molecule has 3 heterocycles. The molecule has 0 saturated carbocycles. The van der Waals surface area contributed by atoms with E-state index in [0.29, 0.717) is 15.7 Å². The number of fused-ring (bicyclic) bond motifs is 2. The van der Waals surface area contributed by atoms with E-state index in [1.165, 1.54) is 46.6 Å². The van der Waals surface area contributed by atoms with E-state index in [9.17, 15) is 19.7 Å². The normalized spacial score (nSPS) is 15.4. The maximum atomic E-state index is 13.5. The zero-order valence-electron chi connectivity index (χ0n) is 16.8. The number of non-ortho nitro benzene ring substituents is 1. The van der Waals surface area contributed by atoms with Crippen LogP contribution in [0.1, 0.15) is 38.3 Å². The average molecular weight is 468 g/mol. The lowest BCUT2D eigenvalue weighted by Crippen LogP contribution is -2.29. The van der Waals surface area contributed by atoms with Gasteiger partial charge in [-0.15, -0.1) is 11.3 Å². The first-order chi connectivity index (χ1) is 15.3. The third-order valence-electron chi connectivity index (χ3n) is 5.45. The van der Waals surface area contributed by atoms with E-state index in [-0.39, 0.29) is 28.0 Å². The van der Waals surface area contributed by atoms with Crippen LogP contribution in [0.25, 0.3) is 11.0 Å². The number of nitrogens with zero attached hydrogens (tertiary/aromatic N) is 3. The Labute approximate surface area is 189 Å². The number of benzene rings is 2. The molecule has 4 aromatic rings. The highest BCUT2D eigenvalue weighted by Crippen LogP contribution is 2.43. The summed E-state index contributed by atoms with van der Waals surface area (Å²) in [6, 6.07) is 9.53. The second-order valence-electron chi connectivity index (χ2n) is 7.38. The summed E-state index contributed by atoms with van der Waals surface area (Å²) in [6.45, 7) is 3.71. The Morgan fingerprint density at radius 3 is 2.66 bits per heavy atom. The van der Waals surface area contributed by atoms with Crippen molar-refractivity contribution in [2.75, 3.05) is 4.90 Å². The molecule has 0 bridgehead atoms. The third kappa shape index (κ3) is 3.01. The number of nitro groups is 1. The number of aromatic nitrogens is 1. The molecule has 0 fully saturated rings. The predicted octanol–water partition coefficient (Wildman–Crippen LogP) is 5.18. The Hall–Kier alpha value is -3.56. The molecule has 0 spiro atoms. The largest absolute Gasteiger partial charge is 0.450 e.